The van der Waals surface area contributed by atoms with Crippen LogP contribution in [0, 0.1) is 0 Å². The molecule has 1 heterocycles. The summed E-state index contributed by atoms with van der Waals surface area (Å²) >= 11 is 12.1. The number of hydrogen-bond acceptors (Lipinski definition) is 5. The SMILES string of the molecule is COc1ccc(CC(=O)Nc2cccc(Cl)c2Cl)cc1S(=O)(=O)N1CCOCC1. The Hall–Kier alpha value is -1.84. The summed E-state index contributed by atoms with van der Waals surface area (Å²) in [6.07, 6.45) is -0.0432. The molecule has 156 valence electrons. The van der Waals surface area contributed by atoms with Gasteiger partial charge in [0.1, 0.15) is 10.6 Å². The molecule has 0 radical (unpaired) electrons. The average Bonchev–Trinajstić information content (AvgIpc) is 2.72. The first-order chi connectivity index (χ1) is 13.8. The number of nitrogens with one attached hydrogen (secondary N) is 1. The van der Waals surface area contributed by atoms with E-state index in [4.69, 9.17) is 32.7 Å². The van der Waals surface area contributed by atoms with Gasteiger partial charge in [-0.3, -0.25) is 4.79 Å². The molecule has 0 bridgehead atoms. The number of morpholine rings is 1. The summed E-state index contributed by atoms with van der Waals surface area (Å²) in [5.41, 5.74) is 0.909. The molecule has 1 amide bonds. The van der Waals surface area contributed by atoms with Crippen molar-refractivity contribution in [2.24, 2.45) is 0 Å². The lowest BCUT2D eigenvalue weighted by molar-refractivity contribution is -0.115. The number of ether oxygens (including phenoxy) is 2. The van der Waals surface area contributed by atoms with Gasteiger partial charge in [-0.25, -0.2) is 8.42 Å². The number of amides is 1. The van der Waals surface area contributed by atoms with Crippen LogP contribution < -0.4 is 10.1 Å². The van der Waals surface area contributed by atoms with Gasteiger partial charge in [0.2, 0.25) is 15.9 Å². The van der Waals surface area contributed by atoms with Crippen molar-refractivity contribution in [2.75, 3.05) is 38.7 Å². The highest BCUT2D eigenvalue weighted by Gasteiger charge is 2.29. The van der Waals surface area contributed by atoms with Gasteiger partial charge in [0.05, 0.1) is 42.5 Å². The lowest BCUT2D eigenvalue weighted by Gasteiger charge is -2.26. The number of methoxy groups -OCH3 is 1. The van der Waals surface area contributed by atoms with Gasteiger partial charge in [-0.15, -0.1) is 0 Å². The molecule has 3 rings (SSSR count). The monoisotopic (exact) mass is 458 g/mol. The molecule has 0 aromatic heterocycles. The summed E-state index contributed by atoms with van der Waals surface area (Å²) in [4.78, 5) is 12.5. The topological polar surface area (TPSA) is 84.9 Å². The van der Waals surface area contributed by atoms with Gasteiger partial charge in [0.25, 0.3) is 0 Å². The van der Waals surface area contributed by atoms with Crippen LogP contribution in [0.15, 0.2) is 41.3 Å². The van der Waals surface area contributed by atoms with Gasteiger partial charge in [0.15, 0.2) is 0 Å². The Morgan fingerprint density at radius 3 is 2.62 bits per heavy atom. The highest BCUT2D eigenvalue weighted by Crippen LogP contribution is 2.31. The first-order valence-electron chi connectivity index (χ1n) is 8.81. The average molecular weight is 459 g/mol. The summed E-state index contributed by atoms with van der Waals surface area (Å²) < 4.78 is 37.9. The molecule has 0 unspecified atom stereocenters. The molecule has 1 N–H and O–H groups in total. The molecule has 29 heavy (non-hydrogen) atoms. The second kappa shape index (κ2) is 9.32. The maximum atomic E-state index is 13.0. The van der Waals surface area contributed by atoms with Crippen molar-refractivity contribution in [1.29, 1.82) is 0 Å². The smallest absolute Gasteiger partial charge is 0.246 e. The number of sulfonamides is 1. The molecule has 0 aliphatic carbocycles. The van der Waals surface area contributed by atoms with Crippen LogP contribution in [0.2, 0.25) is 10.0 Å². The largest absolute Gasteiger partial charge is 0.495 e. The molecular formula is C19H20Cl2N2O5S. The lowest BCUT2D eigenvalue weighted by Crippen LogP contribution is -2.40. The highest BCUT2D eigenvalue weighted by atomic mass is 35.5. The Balaban J connectivity index is 1.83. The number of rotatable bonds is 6. The van der Waals surface area contributed by atoms with Crippen LogP contribution in [0.4, 0.5) is 5.69 Å². The van der Waals surface area contributed by atoms with Gasteiger partial charge in [-0.2, -0.15) is 4.31 Å². The molecule has 2 aromatic carbocycles. The first kappa shape index (κ1) is 21.9. The zero-order valence-electron chi connectivity index (χ0n) is 15.7. The van der Waals surface area contributed by atoms with Crippen molar-refractivity contribution in [3.8, 4) is 5.75 Å². The molecule has 1 aliphatic heterocycles. The summed E-state index contributed by atoms with van der Waals surface area (Å²) in [6, 6.07) is 9.58. The van der Waals surface area contributed by atoms with Crippen LogP contribution in [-0.2, 0) is 26.0 Å². The van der Waals surface area contributed by atoms with E-state index >= 15 is 0 Å². The standard InChI is InChI=1S/C19H20Cl2N2O5S/c1-27-16-6-5-13(11-17(16)29(25,26)23-7-9-28-10-8-23)12-18(24)22-15-4-2-3-14(20)19(15)21/h2-6,11H,7-10,12H2,1H3,(H,22,24). The molecule has 0 atom stereocenters. The molecule has 1 saturated heterocycles. The van der Waals surface area contributed by atoms with Gasteiger partial charge in [-0.1, -0.05) is 35.3 Å². The maximum absolute atomic E-state index is 13.0. The van der Waals surface area contributed by atoms with Crippen LogP contribution in [0.5, 0.6) is 5.75 Å². The van der Waals surface area contributed by atoms with E-state index < -0.39 is 10.0 Å². The van der Waals surface area contributed by atoms with Crippen LogP contribution in [0.25, 0.3) is 0 Å². The van der Waals surface area contributed by atoms with Crippen molar-refractivity contribution in [1.82, 2.24) is 4.31 Å². The van der Waals surface area contributed by atoms with E-state index in [1.54, 1.807) is 30.3 Å². The van der Waals surface area contributed by atoms with Gasteiger partial charge >= 0.3 is 0 Å². The maximum Gasteiger partial charge on any atom is 0.246 e. The first-order valence-corrected chi connectivity index (χ1v) is 11.0. The van der Waals surface area contributed by atoms with E-state index in [9.17, 15) is 13.2 Å². The zero-order valence-corrected chi connectivity index (χ0v) is 18.0. The molecule has 1 fully saturated rings. The summed E-state index contributed by atoms with van der Waals surface area (Å²) in [5.74, 6) is -0.132. The highest BCUT2D eigenvalue weighted by molar-refractivity contribution is 7.89. The van der Waals surface area contributed by atoms with E-state index in [2.05, 4.69) is 5.32 Å². The molecule has 10 heteroatoms. The summed E-state index contributed by atoms with van der Waals surface area (Å²) in [7, 11) is -2.37. The van der Waals surface area contributed by atoms with E-state index in [1.165, 1.54) is 17.5 Å². The van der Waals surface area contributed by atoms with E-state index in [1.807, 2.05) is 0 Å². The molecule has 2 aromatic rings. The van der Waals surface area contributed by atoms with Crippen molar-refractivity contribution in [3.63, 3.8) is 0 Å². The van der Waals surface area contributed by atoms with Crippen LogP contribution in [0.3, 0.4) is 0 Å². The van der Waals surface area contributed by atoms with Crippen molar-refractivity contribution in [2.45, 2.75) is 11.3 Å². The molecule has 0 spiro atoms. The van der Waals surface area contributed by atoms with Gasteiger partial charge < -0.3 is 14.8 Å². The molecule has 7 nitrogen and oxygen atoms in total. The van der Waals surface area contributed by atoms with E-state index in [-0.39, 0.29) is 41.1 Å². The van der Waals surface area contributed by atoms with E-state index in [0.29, 0.717) is 29.5 Å². The van der Waals surface area contributed by atoms with Crippen molar-refractivity contribution >= 4 is 44.8 Å². The van der Waals surface area contributed by atoms with Crippen molar-refractivity contribution in [3.05, 3.63) is 52.0 Å². The zero-order chi connectivity index (χ0) is 21.0. The number of halogens is 2. The number of carbonyl (C=O) groups is 1. The summed E-state index contributed by atoms with van der Waals surface area (Å²) in [5, 5.41) is 3.26. The van der Waals surface area contributed by atoms with Crippen molar-refractivity contribution < 1.29 is 22.7 Å². The Bertz CT molecular complexity index is 1010. The fourth-order valence-corrected chi connectivity index (χ4v) is 4.90. The van der Waals surface area contributed by atoms with Crippen LogP contribution >= 0.6 is 23.2 Å². The minimum Gasteiger partial charge on any atom is -0.495 e. The molecule has 1 aliphatic rings. The third kappa shape index (κ3) is 5.02. The fraction of sp³-hybridized carbons (Fsp3) is 0.316. The Labute approximate surface area is 179 Å². The van der Waals surface area contributed by atoms with Crippen LogP contribution in [-0.4, -0.2) is 52.0 Å². The number of nitrogens with zero attached hydrogens (tertiary/aromatic N) is 1. The third-order valence-corrected chi connectivity index (χ3v) is 7.15. The number of benzene rings is 2. The van der Waals surface area contributed by atoms with E-state index in [0.717, 1.165) is 0 Å². The Kier molecular flexibility index (Phi) is 7.02. The molecular weight excluding hydrogens is 439 g/mol. The predicted molar refractivity (Wildman–Crippen MR) is 111 cm³/mol. The lowest BCUT2D eigenvalue weighted by atomic mass is 10.1. The Morgan fingerprint density at radius 2 is 1.93 bits per heavy atom. The predicted octanol–water partition coefficient (Wildman–Crippen LogP) is 3.20. The second-order valence-corrected chi connectivity index (χ2v) is 9.02. The number of carbonyl (C=O) groups excluding carboxylic acids is 1. The minimum atomic E-state index is -3.78. The second-order valence-electron chi connectivity index (χ2n) is 6.33. The number of anilines is 1. The quantitative estimate of drug-likeness (QED) is 0.717. The minimum absolute atomic E-state index is 0.0213. The van der Waals surface area contributed by atoms with Gasteiger partial charge in [0, 0.05) is 13.1 Å². The normalized spacial score (nSPS) is 15.1. The summed E-state index contributed by atoms with van der Waals surface area (Å²) in [6.45, 7) is 1.21. The fourth-order valence-electron chi connectivity index (χ4n) is 2.94. The Morgan fingerprint density at radius 1 is 1.21 bits per heavy atom. The third-order valence-electron chi connectivity index (χ3n) is 4.41. The molecule has 0 saturated carbocycles. The van der Waals surface area contributed by atoms with Crippen LogP contribution in [0.1, 0.15) is 5.56 Å². The van der Waals surface area contributed by atoms with Gasteiger partial charge in [-0.05, 0) is 29.8 Å². The number of hydrogen-bond donors (Lipinski definition) is 1.